The van der Waals surface area contributed by atoms with E-state index in [4.69, 9.17) is 0 Å². The van der Waals surface area contributed by atoms with Gasteiger partial charge in [0.15, 0.2) is 5.84 Å². The molecule has 0 bridgehead atoms. The second-order valence-corrected chi connectivity index (χ2v) is 5.70. The van der Waals surface area contributed by atoms with E-state index in [9.17, 15) is 8.42 Å². The Labute approximate surface area is 112 Å². The molecule has 0 unspecified atom stereocenters. The van der Waals surface area contributed by atoms with E-state index in [1.54, 1.807) is 12.1 Å². The maximum atomic E-state index is 11.9. The van der Waals surface area contributed by atoms with Crippen molar-refractivity contribution in [2.75, 3.05) is 26.2 Å². The van der Waals surface area contributed by atoms with Crippen molar-refractivity contribution in [3.05, 3.63) is 29.8 Å². The standard InChI is InChI=1S/C11H13N3O2S.ClH/c15-17(16)10-4-2-1-3-9(10)11(13-17)14-7-5-12-6-8-14;/h1-4,12H,5-8H2;1H. The van der Waals surface area contributed by atoms with Gasteiger partial charge in [-0.15, -0.1) is 16.8 Å². The molecule has 2 aliphatic rings. The first-order chi connectivity index (χ1) is 8.18. The van der Waals surface area contributed by atoms with Crippen LogP contribution in [-0.4, -0.2) is 45.3 Å². The van der Waals surface area contributed by atoms with Crippen molar-refractivity contribution in [3.8, 4) is 0 Å². The number of fused-ring (bicyclic) bond motifs is 1. The number of nitrogens with zero attached hydrogens (tertiary/aromatic N) is 2. The highest BCUT2D eigenvalue weighted by molar-refractivity contribution is 7.90. The quantitative estimate of drug-likeness (QED) is 0.753. The number of hydrogen-bond donors (Lipinski definition) is 1. The fourth-order valence-electron chi connectivity index (χ4n) is 2.19. The second-order valence-electron chi connectivity index (χ2n) is 4.12. The minimum atomic E-state index is -3.48. The van der Waals surface area contributed by atoms with Gasteiger partial charge in [0.25, 0.3) is 10.0 Å². The molecular weight excluding hydrogens is 274 g/mol. The van der Waals surface area contributed by atoms with Gasteiger partial charge in [0.05, 0.1) is 0 Å². The first-order valence-electron chi connectivity index (χ1n) is 5.58. The van der Waals surface area contributed by atoms with E-state index in [-0.39, 0.29) is 12.4 Å². The van der Waals surface area contributed by atoms with Gasteiger partial charge in [-0.05, 0) is 12.1 Å². The molecule has 1 saturated heterocycles. The monoisotopic (exact) mass is 287 g/mol. The molecule has 1 fully saturated rings. The number of sulfonamides is 1. The van der Waals surface area contributed by atoms with Crippen molar-refractivity contribution in [2.24, 2.45) is 4.40 Å². The van der Waals surface area contributed by atoms with Gasteiger partial charge in [0.2, 0.25) is 0 Å². The summed E-state index contributed by atoms with van der Waals surface area (Å²) in [7, 11) is -3.48. The van der Waals surface area contributed by atoms with E-state index in [1.807, 2.05) is 17.0 Å². The van der Waals surface area contributed by atoms with E-state index in [0.717, 1.165) is 31.7 Å². The molecule has 5 nitrogen and oxygen atoms in total. The molecule has 2 aliphatic heterocycles. The molecule has 0 radical (unpaired) electrons. The molecule has 7 heteroatoms. The van der Waals surface area contributed by atoms with Crippen molar-refractivity contribution in [1.82, 2.24) is 10.2 Å². The lowest BCUT2D eigenvalue weighted by Gasteiger charge is -2.28. The molecule has 98 valence electrons. The first kappa shape index (κ1) is 13.3. The predicted octanol–water partition coefficient (Wildman–Crippen LogP) is 0.462. The third-order valence-corrected chi connectivity index (χ3v) is 4.35. The molecule has 2 heterocycles. The van der Waals surface area contributed by atoms with Gasteiger partial charge >= 0.3 is 0 Å². The van der Waals surface area contributed by atoms with Gasteiger partial charge in [-0.3, -0.25) is 0 Å². The Bertz CT molecular complexity index is 580. The van der Waals surface area contributed by atoms with Gasteiger partial charge in [-0.1, -0.05) is 12.1 Å². The number of halogens is 1. The minimum absolute atomic E-state index is 0. The van der Waals surface area contributed by atoms with Crippen LogP contribution in [0.4, 0.5) is 0 Å². The Morgan fingerprint density at radius 1 is 1.17 bits per heavy atom. The van der Waals surface area contributed by atoms with Crippen LogP contribution in [-0.2, 0) is 10.0 Å². The Hall–Kier alpha value is -1.11. The summed E-state index contributed by atoms with van der Waals surface area (Å²) in [6.07, 6.45) is 0. The molecule has 0 aromatic heterocycles. The minimum Gasteiger partial charge on any atom is -0.353 e. The third kappa shape index (κ3) is 2.11. The van der Waals surface area contributed by atoms with E-state index in [2.05, 4.69) is 9.71 Å². The zero-order valence-corrected chi connectivity index (χ0v) is 11.3. The zero-order valence-electron chi connectivity index (χ0n) is 9.67. The van der Waals surface area contributed by atoms with Gasteiger partial charge in [-0.2, -0.15) is 8.42 Å². The largest absolute Gasteiger partial charge is 0.353 e. The molecule has 0 amide bonds. The fraction of sp³-hybridized carbons (Fsp3) is 0.364. The number of hydrogen-bond acceptors (Lipinski definition) is 4. The molecule has 0 atom stereocenters. The smallest absolute Gasteiger partial charge is 0.285 e. The summed E-state index contributed by atoms with van der Waals surface area (Å²) in [5.41, 5.74) is 0.731. The van der Waals surface area contributed by atoms with E-state index in [1.165, 1.54) is 0 Å². The molecule has 18 heavy (non-hydrogen) atoms. The molecule has 0 saturated carbocycles. The lowest BCUT2D eigenvalue weighted by Crippen LogP contribution is -2.46. The highest BCUT2D eigenvalue weighted by Gasteiger charge is 2.31. The molecule has 1 N–H and O–H groups in total. The highest BCUT2D eigenvalue weighted by Crippen LogP contribution is 2.27. The molecular formula is C11H14ClN3O2S. The number of amidine groups is 1. The maximum absolute atomic E-state index is 11.9. The van der Waals surface area contributed by atoms with Crippen LogP contribution in [0.3, 0.4) is 0 Å². The molecule has 1 aromatic rings. The van der Waals surface area contributed by atoms with E-state index in [0.29, 0.717) is 10.7 Å². The van der Waals surface area contributed by atoms with Crippen LogP contribution in [0.15, 0.2) is 33.6 Å². The fourth-order valence-corrected chi connectivity index (χ4v) is 3.42. The molecule has 3 rings (SSSR count). The van der Waals surface area contributed by atoms with Crippen molar-refractivity contribution in [2.45, 2.75) is 4.90 Å². The molecule has 0 aliphatic carbocycles. The van der Waals surface area contributed by atoms with Gasteiger partial charge in [0, 0.05) is 31.7 Å². The van der Waals surface area contributed by atoms with Crippen LogP contribution in [0.5, 0.6) is 0 Å². The maximum Gasteiger partial charge on any atom is 0.285 e. The predicted molar refractivity (Wildman–Crippen MR) is 71.9 cm³/mol. The number of benzene rings is 1. The summed E-state index contributed by atoms with van der Waals surface area (Å²) in [6.45, 7) is 3.31. The van der Waals surface area contributed by atoms with Gasteiger partial charge in [-0.25, -0.2) is 0 Å². The molecule has 0 spiro atoms. The summed E-state index contributed by atoms with van der Waals surface area (Å²) in [5, 5.41) is 3.24. The first-order valence-corrected chi connectivity index (χ1v) is 7.02. The van der Waals surface area contributed by atoms with Crippen molar-refractivity contribution in [3.63, 3.8) is 0 Å². The van der Waals surface area contributed by atoms with Crippen molar-refractivity contribution < 1.29 is 8.42 Å². The summed E-state index contributed by atoms with van der Waals surface area (Å²) in [6, 6.07) is 7.01. The van der Waals surface area contributed by atoms with Crippen molar-refractivity contribution >= 4 is 28.3 Å². The van der Waals surface area contributed by atoms with Crippen LogP contribution in [0.1, 0.15) is 5.56 Å². The average molecular weight is 288 g/mol. The Balaban J connectivity index is 0.00000120. The summed E-state index contributed by atoms with van der Waals surface area (Å²) in [4.78, 5) is 2.36. The van der Waals surface area contributed by atoms with Gasteiger partial charge in [0.1, 0.15) is 4.90 Å². The van der Waals surface area contributed by atoms with Gasteiger partial charge < -0.3 is 10.2 Å². The molecule has 1 aromatic carbocycles. The Kier molecular flexibility index (Phi) is 3.61. The number of nitrogens with one attached hydrogen (secondary N) is 1. The summed E-state index contributed by atoms with van der Waals surface area (Å²) in [5.74, 6) is 0.599. The average Bonchev–Trinajstić information content (AvgIpc) is 2.64. The van der Waals surface area contributed by atoms with Crippen LogP contribution >= 0.6 is 12.4 Å². The number of rotatable bonds is 0. The third-order valence-electron chi connectivity index (χ3n) is 3.03. The zero-order chi connectivity index (χ0) is 11.9. The normalized spacial score (nSPS) is 20.9. The number of piperazine rings is 1. The lowest BCUT2D eigenvalue weighted by atomic mass is 10.2. The highest BCUT2D eigenvalue weighted by atomic mass is 35.5. The van der Waals surface area contributed by atoms with Crippen LogP contribution in [0, 0.1) is 0 Å². The SMILES string of the molecule is Cl.O=S1(=O)N=C(N2CCNCC2)c2ccccc21. The van der Waals surface area contributed by atoms with Crippen LogP contribution in [0.25, 0.3) is 0 Å². The van der Waals surface area contributed by atoms with E-state index < -0.39 is 10.0 Å². The lowest BCUT2D eigenvalue weighted by molar-refractivity contribution is 0.358. The van der Waals surface area contributed by atoms with E-state index >= 15 is 0 Å². The summed E-state index contributed by atoms with van der Waals surface area (Å²) < 4.78 is 27.7. The second kappa shape index (κ2) is 4.87. The van der Waals surface area contributed by atoms with Crippen LogP contribution in [0.2, 0.25) is 0 Å². The summed E-state index contributed by atoms with van der Waals surface area (Å²) >= 11 is 0. The van der Waals surface area contributed by atoms with Crippen LogP contribution < -0.4 is 5.32 Å². The topological polar surface area (TPSA) is 61.8 Å². The Morgan fingerprint density at radius 2 is 1.83 bits per heavy atom. The Morgan fingerprint density at radius 3 is 2.56 bits per heavy atom. The van der Waals surface area contributed by atoms with Crippen molar-refractivity contribution in [1.29, 1.82) is 0 Å².